The van der Waals surface area contributed by atoms with E-state index in [1.54, 1.807) is 0 Å². The van der Waals surface area contributed by atoms with Crippen molar-refractivity contribution >= 4 is 22.7 Å². The van der Waals surface area contributed by atoms with Crippen LogP contribution in [0.3, 0.4) is 0 Å². The van der Waals surface area contributed by atoms with E-state index in [0.717, 1.165) is 23.1 Å². The van der Waals surface area contributed by atoms with Gasteiger partial charge in [-0.1, -0.05) is 42.5 Å². The van der Waals surface area contributed by atoms with Crippen LogP contribution in [0.15, 0.2) is 67.0 Å². The smallest absolute Gasteiger partial charge is 0.338 e. The van der Waals surface area contributed by atoms with Crippen molar-refractivity contribution in [2.24, 2.45) is 0 Å². The van der Waals surface area contributed by atoms with E-state index in [0.29, 0.717) is 25.6 Å². The number of benzene rings is 2. The highest BCUT2D eigenvalue weighted by Gasteiger charge is 2.24. The van der Waals surface area contributed by atoms with Crippen molar-refractivity contribution in [2.45, 2.75) is 12.5 Å². The average Bonchev–Trinajstić information content (AvgIpc) is 3.30. The van der Waals surface area contributed by atoms with Crippen molar-refractivity contribution in [1.29, 1.82) is 0 Å². The summed E-state index contributed by atoms with van der Waals surface area (Å²) in [7, 11) is 0. The van der Waals surface area contributed by atoms with Gasteiger partial charge in [0.05, 0.1) is 30.0 Å². The number of aromatic nitrogens is 4. The molecule has 1 unspecified atom stereocenters. The molecule has 1 aliphatic rings. The number of carboxylic acid groups (broad SMARTS) is 1. The summed E-state index contributed by atoms with van der Waals surface area (Å²) in [6.45, 7) is 2.02. The Morgan fingerprint density at radius 1 is 1.10 bits per heavy atom. The fraction of sp³-hybridized carbons (Fsp3) is 0.217. The van der Waals surface area contributed by atoms with Crippen molar-refractivity contribution in [2.75, 3.05) is 24.6 Å². The van der Waals surface area contributed by atoms with E-state index in [1.165, 1.54) is 22.6 Å². The fourth-order valence-corrected chi connectivity index (χ4v) is 3.85. The lowest BCUT2D eigenvalue weighted by molar-refractivity contribution is 0.0409. The predicted octanol–water partition coefficient (Wildman–Crippen LogP) is 2.96. The molecule has 156 valence electrons. The van der Waals surface area contributed by atoms with Crippen molar-refractivity contribution in [3.8, 4) is 5.95 Å². The van der Waals surface area contributed by atoms with E-state index < -0.39 is 5.97 Å². The van der Waals surface area contributed by atoms with Gasteiger partial charge in [0.25, 0.3) is 5.95 Å². The zero-order valence-corrected chi connectivity index (χ0v) is 16.8. The molecule has 1 fully saturated rings. The molecule has 5 rings (SSSR count). The lowest BCUT2D eigenvalue weighted by Gasteiger charge is -2.34. The molecule has 1 N–H and O–H groups in total. The summed E-state index contributed by atoms with van der Waals surface area (Å²) in [6, 6.07) is 18.1. The molecule has 8 heteroatoms. The molecule has 8 nitrogen and oxygen atoms in total. The third-order valence-corrected chi connectivity index (χ3v) is 5.35. The predicted molar refractivity (Wildman–Crippen MR) is 116 cm³/mol. The van der Waals surface area contributed by atoms with Crippen molar-refractivity contribution in [1.82, 2.24) is 19.7 Å². The van der Waals surface area contributed by atoms with Crippen LogP contribution in [0.2, 0.25) is 0 Å². The second-order valence-corrected chi connectivity index (χ2v) is 7.47. The van der Waals surface area contributed by atoms with Crippen molar-refractivity contribution in [3.05, 3.63) is 78.1 Å². The Morgan fingerprint density at radius 3 is 2.71 bits per heavy atom. The Hall–Kier alpha value is -3.78. The number of hydrogen-bond acceptors (Lipinski definition) is 6. The zero-order valence-electron chi connectivity index (χ0n) is 16.8. The number of carbonyl (C=O) groups is 1. The summed E-state index contributed by atoms with van der Waals surface area (Å²) < 4.78 is 7.43. The van der Waals surface area contributed by atoms with Crippen molar-refractivity contribution in [3.63, 3.8) is 0 Å². The Morgan fingerprint density at radius 2 is 1.90 bits per heavy atom. The van der Waals surface area contributed by atoms with Crippen LogP contribution >= 0.6 is 0 Å². The van der Waals surface area contributed by atoms with Crippen LogP contribution in [0.1, 0.15) is 15.9 Å². The molecule has 0 amide bonds. The van der Waals surface area contributed by atoms with E-state index in [2.05, 4.69) is 27.1 Å². The summed E-state index contributed by atoms with van der Waals surface area (Å²) in [6.07, 6.45) is 3.60. The van der Waals surface area contributed by atoms with Gasteiger partial charge < -0.3 is 14.7 Å². The van der Waals surface area contributed by atoms with E-state index in [4.69, 9.17) is 9.72 Å². The Kier molecular flexibility index (Phi) is 5.05. The monoisotopic (exact) mass is 415 g/mol. The van der Waals surface area contributed by atoms with E-state index >= 15 is 0 Å². The van der Waals surface area contributed by atoms with Gasteiger partial charge in [-0.15, -0.1) is 0 Å². The molecule has 0 saturated carbocycles. The first-order valence-electron chi connectivity index (χ1n) is 10.1. The minimum absolute atomic E-state index is 0.0524. The highest BCUT2D eigenvalue weighted by molar-refractivity contribution is 5.90. The van der Waals surface area contributed by atoms with Crippen molar-refractivity contribution < 1.29 is 14.6 Å². The quantitative estimate of drug-likeness (QED) is 0.536. The maximum absolute atomic E-state index is 11.2. The summed E-state index contributed by atoms with van der Waals surface area (Å²) in [5.41, 5.74) is 2.11. The van der Waals surface area contributed by atoms with Crippen LogP contribution in [-0.4, -0.2) is 56.6 Å². The number of carboxylic acids is 1. The molecule has 2 aromatic carbocycles. The molecular weight excluding hydrogens is 394 g/mol. The Bertz CT molecular complexity index is 1220. The largest absolute Gasteiger partial charge is 0.478 e. The van der Waals surface area contributed by atoms with Crippen LogP contribution in [0, 0.1) is 0 Å². The number of ether oxygens (including phenoxy) is 1. The van der Waals surface area contributed by atoms with Crippen LogP contribution in [-0.2, 0) is 11.2 Å². The minimum atomic E-state index is -1.04. The van der Waals surface area contributed by atoms with Gasteiger partial charge in [0, 0.05) is 31.1 Å². The molecule has 1 atom stereocenters. The highest BCUT2D eigenvalue weighted by atomic mass is 16.5. The maximum Gasteiger partial charge on any atom is 0.338 e. The number of nitrogens with zero attached hydrogens (tertiary/aromatic N) is 5. The van der Waals surface area contributed by atoms with Gasteiger partial charge in [0.15, 0.2) is 0 Å². The number of aromatic carboxylic acids is 1. The first kappa shape index (κ1) is 19.2. The van der Waals surface area contributed by atoms with Gasteiger partial charge >= 0.3 is 5.97 Å². The summed E-state index contributed by atoms with van der Waals surface area (Å²) in [5, 5.41) is 14.3. The number of anilines is 1. The average molecular weight is 415 g/mol. The minimum Gasteiger partial charge on any atom is -0.478 e. The molecule has 1 saturated heterocycles. The number of para-hydroxylation sites is 1. The third kappa shape index (κ3) is 3.97. The zero-order chi connectivity index (χ0) is 21.2. The number of hydrogen-bond donors (Lipinski definition) is 1. The molecule has 0 bridgehead atoms. The molecule has 2 aromatic heterocycles. The molecule has 4 aromatic rings. The summed E-state index contributed by atoms with van der Waals surface area (Å²) in [5.74, 6) is 0.103. The van der Waals surface area contributed by atoms with Crippen LogP contribution in [0.25, 0.3) is 16.9 Å². The molecular formula is C23H21N5O3. The van der Waals surface area contributed by atoms with Gasteiger partial charge in [-0.25, -0.2) is 14.5 Å². The lowest BCUT2D eigenvalue weighted by Crippen LogP contribution is -2.44. The van der Waals surface area contributed by atoms with Gasteiger partial charge in [0.2, 0.25) is 0 Å². The number of rotatable bonds is 5. The van der Waals surface area contributed by atoms with Crippen LogP contribution in [0.4, 0.5) is 5.82 Å². The normalized spacial score (nSPS) is 16.5. The first-order valence-corrected chi connectivity index (χ1v) is 10.1. The van der Waals surface area contributed by atoms with Crippen LogP contribution in [0.5, 0.6) is 0 Å². The molecule has 3 heterocycles. The topological polar surface area (TPSA) is 93.4 Å². The molecule has 0 spiro atoms. The SMILES string of the molecule is O=C(O)c1cnn(-c2nc(N3CCOC(Cc4ccccc4)C3)c3ccccc3n2)c1. The van der Waals surface area contributed by atoms with Gasteiger partial charge in [-0.05, 0) is 17.7 Å². The molecule has 0 aliphatic carbocycles. The van der Waals surface area contributed by atoms with Crippen LogP contribution < -0.4 is 4.90 Å². The standard InChI is InChI=1S/C23H21N5O3/c29-22(30)17-13-24-28(14-17)23-25-20-9-5-4-8-19(20)21(26-23)27-10-11-31-18(15-27)12-16-6-2-1-3-7-16/h1-9,13-14,18H,10-12,15H2,(H,29,30). The van der Waals surface area contributed by atoms with Gasteiger partial charge in [0.1, 0.15) is 5.82 Å². The molecule has 0 radical (unpaired) electrons. The number of fused-ring (bicyclic) bond motifs is 1. The van der Waals surface area contributed by atoms with E-state index in [9.17, 15) is 9.90 Å². The van der Waals surface area contributed by atoms with Gasteiger partial charge in [-0.3, -0.25) is 0 Å². The Balaban J connectivity index is 1.49. The van der Waals surface area contributed by atoms with E-state index in [-0.39, 0.29) is 11.7 Å². The summed E-state index contributed by atoms with van der Waals surface area (Å²) >= 11 is 0. The van der Waals surface area contributed by atoms with Gasteiger partial charge in [-0.2, -0.15) is 10.1 Å². The Labute approximate surface area is 178 Å². The second kappa shape index (κ2) is 8.16. The third-order valence-electron chi connectivity index (χ3n) is 5.35. The maximum atomic E-state index is 11.2. The number of morpholine rings is 1. The first-order chi connectivity index (χ1) is 15.2. The van der Waals surface area contributed by atoms with E-state index in [1.807, 2.05) is 42.5 Å². The molecule has 31 heavy (non-hydrogen) atoms. The second-order valence-electron chi connectivity index (χ2n) is 7.47. The highest BCUT2D eigenvalue weighted by Crippen LogP contribution is 2.27. The summed E-state index contributed by atoms with van der Waals surface area (Å²) in [4.78, 5) is 22.8. The fourth-order valence-electron chi connectivity index (χ4n) is 3.85. The molecule has 1 aliphatic heterocycles. The lowest BCUT2D eigenvalue weighted by atomic mass is 10.1.